The molecular formula is C20H23FN3O2+. The van der Waals surface area contributed by atoms with Gasteiger partial charge in [0, 0.05) is 5.56 Å². The summed E-state index contributed by atoms with van der Waals surface area (Å²) in [6, 6.07) is 12.3. The second-order valence-corrected chi connectivity index (χ2v) is 6.35. The Kier molecular flexibility index (Phi) is 5.32. The molecule has 6 heteroatoms. The van der Waals surface area contributed by atoms with Crippen LogP contribution in [-0.4, -0.2) is 23.6 Å². The van der Waals surface area contributed by atoms with Crippen molar-refractivity contribution in [2.24, 2.45) is 0 Å². The van der Waals surface area contributed by atoms with Gasteiger partial charge in [-0.05, 0) is 44.2 Å². The number of ether oxygens (including phenoxy) is 1. The van der Waals surface area contributed by atoms with Crippen molar-refractivity contribution in [3.63, 3.8) is 0 Å². The molecule has 2 N–H and O–H groups in total. The molecule has 0 spiro atoms. The summed E-state index contributed by atoms with van der Waals surface area (Å²) >= 11 is 0. The number of aromatic nitrogens is 2. The smallest absolute Gasteiger partial charge is 0.258 e. The van der Waals surface area contributed by atoms with Gasteiger partial charge in [0.1, 0.15) is 12.6 Å². The van der Waals surface area contributed by atoms with Crippen LogP contribution in [0.1, 0.15) is 31.3 Å². The Morgan fingerprint density at radius 3 is 2.73 bits per heavy atom. The minimum atomic E-state index is -0.370. The number of nitrogens with one attached hydrogen (secondary N) is 2. The normalized spacial score (nSPS) is 13.5. The third kappa shape index (κ3) is 3.60. The van der Waals surface area contributed by atoms with Gasteiger partial charge in [-0.1, -0.05) is 12.1 Å². The maximum Gasteiger partial charge on any atom is 0.258 e. The van der Waals surface area contributed by atoms with Crippen molar-refractivity contribution in [2.45, 2.75) is 26.4 Å². The number of halogens is 1. The van der Waals surface area contributed by atoms with E-state index in [0.29, 0.717) is 23.3 Å². The number of hydrogen-bond donors (Lipinski definition) is 2. The quantitative estimate of drug-likeness (QED) is 0.712. The molecule has 5 nitrogen and oxygen atoms in total. The maximum atomic E-state index is 14.0. The van der Waals surface area contributed by atoms with Gasteiger partial charge < -0.3 is 14.6 Å². The van der Waals surface area contributed by atoms with E-state index in [-0.39, 0.29) is 23.2 Å². The van der Waals surface area contributed by atoms with Crippen LogP contribution in [-0.2, 0) is 6.54 Å². The fourth-order valence-electron chi connectivity index (χ4n) is 3.17. The molecule has 3 aromatic rings. The highest BCUT2D eigenvalue weighted by atomic mass is 19.1. The third-order valence-electron chi connectivity index (χ3n) is 4.76. The molecule has 136 valence electrons. The summed E-state index contributed by atoms with van der Waals surface area (Å²) in [5, 5.41) is 0.582. The van der Waals surface area contributed by atoms with Gasteiger partial charge >= 0.3 is 0 Å². The Hall–Kier alpha value is -2.73. The van der Waals surface area contributed by atoms with Crippen molar-refractivity contribution in [3.05, 3.63) is 70.0 Å². The summed E-state index contributed by atoms with van der Waals surface area (Å²) in [6.07, 6.45) is 0. The Labute approximate surface area is 151 Å². The standard InChI is InChI=1S/C20H22FN3O2/c1-4-24(12-14-9-10-18(26-3)16(21)11-14)13(2)19-22-17-8-6-5-7-15(17)20(25)23-19/h5-11,13H,4,12H2,1-3H3,(H,22,23,25)/p+1/t13-/m0/s1. The number of benzene rings is 2. The predicted octanol–water partition coefficient (Wildman–Crippen LogP) is 2.24. The van der Waals surface area contributed by atoms with E-state index >= 15 is 0 Å². The number of fused-ring (bicyclic) bond motifs is 1. The summed E-state index contributed by atoms with van der Waals surface area (Å²) in [5.74, 6) is 0.505. The first-order chi connectivity index (χ1) is 12.5. The van der Waals surface area contributed by atoms with Gasteiger partial charge in [-0.2, -0.15) is 0 Å². The summed E-state index contributed by atoms with van der Waals surface area (Å²) in [4.78, 5) is 21.0. The van der Waals surface area contributed by atoms with Crippen LogP contribution in [0.4, 0.5) is 4.39 Å². The highest BCUT2D eigenvalue weighted by Crippen LogP contribution is 2.17. The van der Waals surface area contributed by atoms with Crippen LogP contribution >= 0.6 is 0 Å². The van der Waals surface area contributed by atoms with Crippen LogP contribution in [0.3, 0.4) is 0 Å². The molecule has 0 saturated carbocycles. The summed E-state index contributed by atoms with van der Waals surface area (Å²) in [6.45, 7) is 5.51. The molecule has 0 aliphatic heterocycles. The molecule has 0 aliphatic rings. The van der Waals surface area contributed by atoms with E-state index in [0.717, 1.165) is 12.1 Å². The fourth-order valence-corrected chi connectivity index (χ4v) is 3.17. The van der Waals surface area contributed by atoms with Crippen molar-refractivity contribution in [1.82, 2.24) is 9.97 Å². The minimum absolute atomic E-state index is 0.0394. The molecule has 1 heterocycles. The highest BCUT2D eigenvalue weighted by Gasteiger charge is 2.22. The van der Waals surface area contributed by atoms with Crippen LogP contribution in [0.15, 0.2) is 47.3 Å². The number of H-pyrrole nitrogens is 1. The molecule has 0 fully saturated rings. The molecule has 3 rings (SSSR count). The van der Waals surface area contributed by atoms with E-state index in [1.165, 1.54) is 18.1 Å². The van der Waals surface area contributed by atoms with Crippen molar-refractivity contribution in [2.75, 3.05) is 13.7 Å². The number of hydrogen-bond acceptors (Lipinski definition) is 3. The molecule has 0 amide bonds. The average molecular weight is 356 g/mol. The van der Waals surface area contributed by atoms with Crippen molar-refractivity contribution in [1.29, 1.82) is 0 Å². The lowest BCUT2D eigenvalue weighted by molar-refractivity contribution is -0.942. The zero-order valence-corrected chi connectivity index (χ0v) is 15.2. The van der Waals surface area contributed by atoms with Gasteiger partial charge in [0.2, 0.25) is 0 Å². The maximum absolute atomic E-state index is 14.0. The molecule has 26 heavy (non-hydrogen) atoms. The van der Waals surface area contributed by atoms with Crippen LogP contribution in [0, 0.1) is 5.82 Å². The number of aromatic amines is 1. The van der Waals surface area contributed by atoms with Gasteiger partial charge in [0.05, 0.1) is 24.6 Å². The Balaban J connectivity index is 1.88. The number of para-hydroxylation sites is 1. The number of rotatable bonds is 6. The monoisotopic (exact) mass is 356 g/mol. The number of methoxy groups -OCH3 is 1. The Morgan fingerprint density at radius 1 is 1.27 bits per heavy atom. The number of quaternary nitrogens is 1. The van der Waals surface area contributed by atoms with Crippen molar-refractivity contribution >= 4 is 10.9 Å². The molecule has 1 aromatic heterocycles. The summed E-state index contributed by atoms with van der Waals surface area (Å²) in [7, 11) is 1.45. The lowest BCUT2D eigenvalue weighted by Crippen LogP contribution is -3.10. The van der Waals surface area contributed by atoms with Crippen LogP contribution in [0.2, 0.25) is 0 Å². The van der Waals surface area contributed by atoms with Crippen LogP contribution in [0.25, 0.3) is 10.9 Å². The average Bonchev–Trinajstić information content (AvgIpc) is 2.65. The third-order valence-corrected chi connectivity index (χ3v) is 4.76. The van der Waals surface area contributed by atoms with Crippen molar-refractivity contribution in [3.8, 4) is 5.75 Å². The minimum Gasteiger partial charge on any atom is -0.494 e. The molecule has 0 bridgehead atoms. The zero-order valence-electron chi connectivity index (χ0n) is 15.2. The lowest BCUT2D eigenvalue weighted by Gasteiger charge is -2.24. The zero-order chi connectivity index (χ0) is 18.7. The number of nitrogens with zero attached hydrogens (tertiary/aromatic N) is 1. The van der Waals surface area contributed by atoms with E-state index in [4.69, 9.17) is 4.74 Å². The molecule has 2 atom stereocenters. The van der Waals surface area contributed by atoms with E-state index in [1.807, 2.05) is 31.2 Å². The second kappa shape index (κ2) is 7.66. The largest absolute Gasteiger partial charge is 0.494 e. The van der Waals surface area contributed by atoms with E-state index in [2.05, 4.69) is 16.9 Å². The Morgan fingerprint density at radius 2 is 2.04 bits per heavy atom. The van der Waals surface area contributed by atoms with Crippen molar-refractivity contribution < 1.29 is 14.0 Å². The lowest BCUT2D eigenvalue weighted by atomic mass is 10.1. The fraction of sp³-hybridized carbons (Fsp3) is 0.300. The van der Waals surface area contributed by atoms with Gasteiger partial charge in [0.25, 0.3) is 5.56 Å². The van der Waals surface area contributed by atoms with Gasteiger partial charge in [-0.3, -0.25) is 4.79 Å². The molecule has 1 unspecified atom stereocenters. The van der Waals surface area contributed by atoms with E-state index in [9.17, 15) is 9.18 Å². The highest BCUT2D eigenvalue weighted by molar-refractivity contribution is 5.77. The van der Waals surface area contributed by atoms with Crippen LogP contribution < -0.4 is 15.2 Å². The predicted molar refractivity (Wildman–Crippen MR) is 98.9 cm³/mol. The topological polar surface area (TPSA) is 59.4 Å². The van der Waals surface area contributed by atoms with Gasteiger partial charge in [-0.25, -0.2) is 9.37 Å². The van der Waals surface area contributed by atoms with E-state index < -0.39 is 0 Å². The van der Waals surface area contributed by atoms with Gasteiger partial charge in [-0.15, -0.1) is 0 Å². The molecule has 0 radical (unpaired) electrons. The first kappa shape index (κ1) is 18.1. The summed E-state index contributed by atoms with van der Waals surface area (Å²) in [5.41, 5.74) is 1.42. The Bertz CT molecular complexity index is 971. The SMILES string of the molecule is CC[NH+](Cc1ccc(OC)c(F)c1)[C@@H](C)c1nc2ccccc2c(=O)[nH]1. The molecule has 0 saturated heterocycles. The van der Waals surface area contributed by atoms with Crippen LogP contribution in [0.5, 0.6) is 5.75 Å². The first-order valence-corrected chi connectivity index (χ1v) is 8.69. The summed E-state index contributed by atoms with van der Waals surface area (Å²) < 4.78 is 18.9. The molecule has 0 aliphatic carbocycles. The molecular weight excluding hydrogens is 333 g/mol. The molecule has 2 aromatic carbocycles. The van der Waals surface area contributed by atoms with Gasteiger partial charge in [0.15, 0.2) is 17.4 Å². The first-order valence-electron chi connectivity index (χ1n) is 8.69. The van der Waals surface area contributed by atoms with E-state index in [1.54, 1.807) is 12.1 Å². The second-order valence-electron chi connectivity index (χ2n) is 6.35.